The normalized spacial score (nSPS) is 16.4. The monoisotopic (exact) mass is 443 g/mol. The quantitative estimate of drug-likeness (QED) is 0.455. The third-order valence-electron chi connectivity index (χ3n) is 5.52. The molecule has 0 radical (unpaired) electrons. The molecular weight excluding hydrogens is 422 g/mol. The highest BCUT2D eigenvalue weighted by Gasteiger charge is 2.22. The number of rotatable bonds is 5. The van der Waals surface area contributed by atoms with E-state index in [1.807, 2.05) is 34.4 Å². The largest absolute Gasteiger partial charge is 0.309 e. The zero-order valence-electron chi connectivity index (χ0n) is 16.3. The molecule has 1 aliphatic rings. The van der Waals surface area contributed by atoms with Crippen molar-refractivity contribution in [1.29, 1.82) is 0 Å². The van der Waals surface area contributed by atoms with E-state index in [1.165, 1.54) is 64.1 Å². The predicted molar refractivity (Wildman–Crippen MR) is 120 cm³/mol. The highest BCUT2D eigenvalue weighted by Crippen LogP contribution is 2.38. The molecule has 0 saturated heterocycles. The lowest BCUT2D eigenvalue weighted by Gasteiger charge is -2.19. The second kappa shape index (κ2) is 7.70. The molecule has 0 bridgehead atoms. The molecule has 0 aliphatic heterocycles. The van der Waals surface area contributed by atoms with Crippen LogP contribution in [0.25, 0.3) is 20.9 Å². The molecule has 150 valence electrons. The van der Waals surface area contributed by atoms with Gasteiger partial charge in [0.2, 0.25) is 0 Å². The first-order chi connectivity index (χ1) is 14.1. The molecule has 0 aromatic carbocycles. The Balaban J connectivity index is 1.36. The fraction of sp³-hybridized carbons (Fsp3) is 0.400. The number of H-pyrrole nitrogens is 1. The maximum Gasteiger partial charge on any atom is 0.268 e. The number of fused-ring (bicyclic) bond motifs is 2. The Morgan fingerprint density at radius 1 is 1.38 bits per heavy atom. The molecule has 1 N–H and O–H groups in total. The minimum Gasteiger partial charge on any atom is -0.309 e. The van der Waals surface area contributed by atoms with Crippen LogP contribution in [-0.2, 0) is 25.6 Å². The number of nitrogens with one attached hydrogen (secondary N) is 1. The van der Waals surface area contributed by atoms with Crippen molar-refractivity contribution in [2.24, 2.45) is 13.0 Å². The van der Waals surface area contributed by atoms with E-state index in [9.17, 15) is 4.79 Å². The first-order valence-electron chi connectivity index (χ1n) is 9.73. The number of aromatic nitrogens is 5. The van der Waals surface area contributed by atoms with Crippen LogP contribution in [-0.4, -0.2) is 24.7 Å². The highest BCUT2D eigenvalue weighted by atomic mass is 32.2. The van der Waals surface area contributed by atoms with Crippen molar-refractivity contribution in [3.63, 3.8) is 0 Å². The average molecular weight is 444 g/mol. The van der Waals surface area contributed by atoms with Crippen LogP contribution >= 0.6 is 34.4 Å². The van der Waals surface area contributed by atoms with Crippen LogP contribution < -0.4 is 5.56 Å². The van der Waals surface area contributed by atoms with Crippen LogP contribution in [0.4, 0.5) is 0 Å². The predicted octanol–water partition coefficient (Wildman–Crippen LogP) is 4.65. The Labute approximate surface area is 180 Å². The number of nitrogens with zero attached hydrogens (tertiary/aromatic N) is 4. The average Bonchev–Trinajstić information content (AvgIpc) is 3.43. The van der Waals surface area contributed by atoms with E-state index in [0.717, 1.165) is 22.4 Å². The first kappa shape index (κ1) is 19.0. The molecule has 0 saturated carbocycles. The van der Waals surface area contributed by atoms with E-state index in [4.69, 9.17) is 0 Å². The minimum atomic E-state index is -0.0752. The lowest BCUT2D eigenvalue weighted by Crippen LogP contribution is -2.10. The first-order valence-corrected chi connectivity index (χ1v) is 12.4. The molecule has 4 aromatic rings. The van der Waals surface area contributed by atoms with E-state index >= 15 is 0 Å². The molecule has 1 atom stereocenters. The van der Waals surface area contributed by atoms with Crippen LogP contribution in [0.5, 0.6) is 0 Å². The fourth-order valence-electron chi connectivity index (χ4n) is 3.84. The van der Waals surface area contributed by atoms with Gasteiger partial charge in [-0.05, 0) is 48.3 Å². The van der Waals surface area contributed by atoms with E-state index in [0.29, 0.717) is 16.3 Å². The molecule has 4 aromatic heterocycles. The summed E-state index contributed by atoms with van der Waals surface area (Å²) in [6.07, 6.45) is 4.92. The molecule has 4 heterocycles. The Morgan fingerprint density at radius 2 is 2.28 bits per heavy atom. The number of hydrogen-bond donors (Lipinski definition) is 1. The van der Waals surface area contributed by atoms with Crippen molar-refractivity contribution in [2.45, 2.75) is 43.5 Å². The van der Waals surface area contributed by atoms with Gasteiger partial charge in [-0.1, -0.05) is 25.1 Å². The topological polar surface area (TPSA) is 76.5 Å². The van der Waals surface area contributed by atoms with Crippen molar-refractivity contribution in [2.75, 3.05) is 0 Å². The maximum atomic E-state index is 12.1. The van der Waals surface area contributed by atoms with Crippen LogP contribution in [0, 0.1) is 5.92 Å². The second-order valence-electron chi connectivity index (χ2n) is 7.38. The molecular formula is C20H21N5OS3. The summed E-state index contributed by atoms with van der Waals surface area (Å²) < 4.78 is 2.71. The summed E-state index contributed by atoms with van der Waals surface area (Å²) in [4.78, 5) is 22.3. The smallest absolute Gasteiger partial charge is 0.268 e. The summed E-state index contributed by atoms with van der Waals surface area (Å²) >= 11 is 4.81. The zero-order valence-corrected chi connectivity index (χ0v) is 18.7. The highest BCUT2D eigenvalue weighted by molar-refractivity contribution is 7.98. The standard InChI is InChI=1S/C20H21N5OS3/c1-3-11-4-5-14-12(8-11)9-15(29-14)18-23-24-20(25(18)2)28-10-16-21-13-6-7-27-17(13)19(26)22-16/h6-7,9,11H,3-5,8,10H2,1-2H3,(H,21,22,26)/t11-/m1/s1. The lowest BCUT2D eigenvalue weighted by molar-refractivity contribution is 0.449. The lowest BCUT2D eigenvalue weighted by atomic mass is 9.87. The van der Waals surface area contributed by atoms with Crippen molar-refractivity contribution in [3.05, 3.63) is 44.1 Å². The molecule has 29 heavy (non-hydrogen) atoms. The number of aryl methyl sites for hydroxylation is 1. The summed E-state index contributed by atoms with van der Waals surface area (Å²) in [6, 6.07) is 4.19. The molecule has 0 unspecified atom stereocenters. The number of hydrogen-bond acceptors (Lipinski definition) is 7. The van der Waals surface area contributed by atoms with Crippen LogP contribution in [0.15, 0.2) is 27.5 Å². The van der Waals surface area contributed by atoms with Gasteiger partial charge in [0.15, 0.2) is 11.0 Å². The number of thioether (sulfide) groups is 1. The van der Waals surface area contributed by atoms with Crippen molar-refractivity contribution < 1.29 is 0 Å². The van der Waals surface area contributed by atoms with Gasteiger partial charge in [-0.25, -0.2) is 4.98 Å². The Hall–Kier alpha value is -1.97. The molecule has 0 amide bonds. The van der Waals surface area contributed by atoms with Crippen molar-refractivity contribution >= 4 is 44.7 Å². The maximum absolute atomic E-state index is 12.1. The minimum absolute atomic E-state index is 0.0752. The molecule has 0 fully saturated rings. The van der Waals surface area contributed by atoms with Gasteiger partial charge in [-0.3, -0.25) is 4.79 Å². The van der Waals surface area contributed by atoms with Gasteiger partial charge < -0.3 is 9.55 Å². The summed E-state index contributed by atoms with van der Waals surface area (Å²) in [5.74, 6) is 2.93. The van der Waals surface area contributed by atoms with Crippen LogP contribution in [0.2, 0.25) is 0 Å². The Kier molecular flexibility index (Phi) is 5.05. The van der Waals surface area contributed by atoms with Gasteiger partial charge in [-0.2, -0.15) is 0 Å². The summed E-state index contributed by atoms with van der Waals surface area (Å²) in [5.41, 5.74) is 2.17. The summed E-state index contributed by atoms with van der Waals surface area (Å²) in [5, 5.41) is 11.6. The van der Waals surface area contributed by atoms with E-state index in [1.54, 1.807) is 0 Å². The molecule has 5 rings (SSSR count). The molecule has 1 aliphatic carbocycles. The van der Waals surface area contributed by atoms with Crippen LogP contribution in [0.3, 0.4) is 0 Å². The van der Waals surface area contributed by atoms with E-state index in [2.05, 4.69) is 33.2 Å². The number of thiophene rings is 2. The summed E-state index contributed by atoms with van der Waals surface area (Å²) in [7, 11) is 2.00. The SMILES string of the molecule is CC[C@@H]1CCc2sc(-c3nnc(SCc4nc5ccsc5c(=O)[nH]4)n3C)cc2C1. The van der Waals surface area contributed by atoms with Gasteiger partial charge in [0, 0.05) is 11.9 Å². The van der Waals surface area contributed by atoms with Gasteiger partial charge in [0.25, 0.3) is 5.56 Å². The van der Waals surface area contributed by atoms with Gasteiger partial charge in [0.05, 0.1) is 16.1 Å². The van der Waals surface area contributed by atoms with Crippen LogP contribution in [0.1, 0.15) is 36.0 Å². The van der Waals surface area contributed by atoms with Crippen molar-refractivity contribution in [1.82, 2.24) is 24.7 Å². The Morgan fingerprint density at radius 3 is 3.14 bits per heavy atom. The molecule has 6 nitrogen and oxygen atoms in total. The third-order valence-corrected chi connectivity index (χ3v) is 8.69. The molecule has 9 heteroatoms. The zero-order chi connectivity index (χ0) is 20.0. The van der Waals surface area contributed by atoms with Crippen molar-refractivity contribution in [3.8, 4) is 10.7 Å². The van der Waals surface area contributed by atoms with E-state index in [-0.39, 0.29) is 5.56 Å². The Bertz CT molecular complexity index is 1230. The van der Waals surface area contributed by atoms with Gasteiger partial charge in [-0.15, -0.1) is 32.9 Å². The fourth-order valence-corrected chi connectivity index (χ4v) is 6.57. The number of aromatic amines is 1. The van der Waals surface area contributed by atoms with E-state index < -0.39 is 0 Å². The third kappa shape index (κ3) is 3.55. The van der Waals surface area contributed by atoms with Gasteiger partial charge in [0.1, 0.15) is 10.5 Å². The van der Waals surface area contributed by atoms with Gasteiger partial charge >= 0.3 is 0 Å². The second-order valence-corrected chi connectivity index (χ2v) is 10.4. The summed E-state index contributed by atoms with van der Waals surface area (Å²) in [6.45, 7) is 2.29. The molecule has 0 spiro atoms.